The standard InChI is InChI=1S/C16H8N2O4/c19-13-9-6-8(7-4-2-1-3-5-7)10-12(11(9)15(21)17-13)16(22)18-14(10)20/h1-6H,(H,17,19,21)(H,18,20,22). The van der Waals surface area contributed by atoms with Gasteiger partial charge in [0, 0.05) is 0 Å². The second-order valence-electron chi connectivity index (χ2n) is 5.03. The molecule has 0 aliphatic rings. The van der Waals surface area contributed by atoms with Gasteiger partial charge in [0.05, 0.1) is 21.5 Å². The zero-order valence-electron chi connectivity index (χ0n) is 11.1. The quantitative estimate of drug-likeness (QED) is 0.537. The predicted octanol–water partition coefficient (Wildman–Crippen LogP) is 0.633. The van der Waals surface area contributed by atoms with Crippen molar-refractivity contribution in [1.29, 1.82) is 0 Å². The number of hydrogen-bond acceptors (Lipinski definition) is 4. The summed E-state index contributed by atoms with van der Waals surface area (Å²) in [5.41, 5.74) is -1.28. The van der Waals surface area contributed by atoms with E-state index >= 15 is 0 Å². The van der Waals surface area contributed by atoms with Crippen LogP contribution in [0.15, 0.2) is 55.6 Å². The van der Waals surface area contributed by atoms with Gasteiger partial charge in [-0.05, 0) is 17.2 Å². The molecule has 4 aromatic rings. The molecule has 0 atom stereocenters. The Labute approximate surface area is 121 Å². The van der Waals surface area contributed by atoms with E-state index in [0.717, 1.165) is 0 Å². The summed E-state index contributed by atoms with van der Waals surface area (Å²) < 4.78 is 0. The van der Waals surface area contributed by atoms with Gasteiger partial charge in [-0.25, -0.2) is 0 Å². The third kappa shape index (κ3) is 1.49. The van der Waals surface area contributed by atoms with E-state index in [1.54, 1.807) is 24.3 Å². The average Bonchev–Trinajstić information content (AvgIpc) is 2.96. The van der Waals surface area contributed by atoms with E-state index in [0.29, 0.717) is 11.1 Å². The molecule has 2 aromatic carbocycles. The van der Waals surface area contributed by atoms with Gasteiger partial charge in [-0.15, -0.1) is 0 Å². The van der Waals surface area contributed by atoms with Crippen molar-refractivity contribution in [3.8, 4) is 11.1 Å². The number of benzene rings is 2. The highest BCUT2D eigenvalue weighted by Crippen LogP contribution is 2.28. The Kier molecular flexibility index (Phi) is 2.33. The summed E-state index contributed by atoms with van der Waals surface area (Å²) in [6.07, 6.45) is 0. The molecule has 0 unspecified atom stereocenters. The van der Waals surface area contributed by atoms with Gasteiger partial charge < -0.3 is 0 Å². The molecule has 0 aliphatic carbocycles. The first kappa shape index (κ1) is 12.5. The number of rotatable bonds is 1. The molecule has 0 spiro atoms. The van der Waals surface area contributed by atoms with E-state index in [2.05, 4.69) is 9.97 Å². The summed E-state index contributed by atoms with van der Waals surface area (Å²) in [5, 5.41) is 0.208. The molecule has 2 aromatic heterocycles. The van der Waals surface area contributed by atoms with Gasteiger partial charge >= 0.3 is 0 Å². The molecule has 4 rings (SSSR count). The van der Waals surface area contributed by atoms with Crippen LogP contribution in [-0.4, -0.2) is 9.97 Å². The monoisotopic (exact) mass is 292 g/mol. The number of aromatic nitrogens is 2. The SMILES string of the molecule is O=c1[nH]c(=O)c2c1cc(-c1ccccc1)c1c(=O)[nH]c(=O)c12. The maximum Gasteiger partial charge on any atom is 0.259 e. The van der Waals surface area contributed by atoms with E-state index in [4.69, 9.17) is 0 Å². The van der Waals surface area contributed by atoms with Crippen molar-refractivity contribution < 1.29 is 0 Å². The maximum atomic E-state index is 12.1. The van der Waals surface area contributed by atoms with Crippen molar-refractivity contribution >= 4 is 21.5 Å². The lowest BCUT2D eigenvalue weighted by atomic mass is 9.97. The number of aromatic amines is 2. The number of nitrogens with one attached hydrogen (secondary N) is 2. The summed E-state index contributed by atoms with van der Waals surface area (Å²) in [6, 6.07) is 10.4. The fourth-order valence-corrected chi connectivity index (χ4v) is 2.87. The fourth-order valence-electron chi connectivity index (χ4n) is 2.87. The highest BCUT2D eigenvalue weighted by atomic mass is 16.2. The Morgan fingerprint density at radius 2 is 1.23 bits per heavy atom. The Hall–Kier alpha value is -3.28. The van der Waals surface area contributed by atoms with E-state index in [1.165, 1.54) is 6.07 Å². The Morgan fingerprint density at radius 1 is 0.636 bits per heavy atom. The largest absolute Gasteiger partial charge is 0.288 e. The molecular formula is C16H8N2O4. The zero-order valence-corrected chi connectivity index (χ0v) is 11.1. The molecule has 2 N–H and O–H groups in total. The second kappa shape index (κ2) is 4.11. The van der Waals surface area contributed by atoms with Crippen molar-refractivity contribution in [1.82, 2.24) is 9.97 Å². The van der Waals surface area contributed by atoms with Crippen LogP contribution < -0.4 is 22.2 Å². The summed E-state index contributed by atoms with van der Waals surface area (Å²) in [7, 11) is 0. The van der Waals surface area contributed by atoms with E-state index < -0.39 is 22.2 Å². The Morgan fingerprint density at radius 3 is 1.95 bits per heavy atom. The minimum Gasteiger partial charge on any atom is -0.288 e. The molecule has 106 valence electrons. The maximum absolute atomic E-state index is 12.1. The van der Waals surface area contributed by atoms with Crippen molar-refractivity contribution in [3.05, 3.63) is 77.8 Å². The summed E-state index contributed by atoms with van der Waals surface area (Å²) in [5.74, 6) is 0. The van der Waals surface area contributed by atoms with Gasteiger partial charge in [0.1, 0.15) is 0 Å². The fraction of sp³-hybridized carbons (Fsp3) is 0. The summed E-state index contributed by atoms with van der Waals surface area (Å²) >= 11 is 0. The molecule has 0 saturated carbocycles. The molecular weight excluding hydrogens is 284 g/mol. The number of hydrogen-bond donors (Lipinski definition) is 2. The molecule has 2 heterocycles. The third-order valence-electron chi connectivity index (χ3n) is 3.79. The van der Waals surface area contributed by atoms with E-state index in [1.807, 2.05) is 6.07 Å². The van der Waals surface area contributed by atoms with Crippen molar-refractivity contribution in [3.63, 3.8) is 0 Å². The van der Waals surface area contributed by atoms with Crippen LogP contribution in [0.3, 0.4) is 0 Å². The van der Waals surface area contributed by atoms with Crippen LogP contribution in [-0.2, 0) is 0 Å². The smallest absolute Gasteiger partial charge is 0.259 e. The van der Waals surface area contributed by atoms with Gasteiger partial charge in [0.2, 0.25) is 0 Å². The topological polar surface area (TPSA) is 99.9 Å². The van der Waals surface area contributed by atoms with Gasteiger partial charge in [-0.2, -0.15) is 0 Å². The minimum absolute atomic E-state index is 0.0234. The first-order valence-electron chi connectivity index (χ1n) is 6.55. The summed E-state index contributed by atoms with van der Waals surface area (Å²) in [6.45, 7) is 0. The lowest BCUT2D eigenvalue weighted by molar-refractivity contribution is 1.26. The molecule has 22 heavy (non-hydrogen) atoms. The molecule has 0 aliphatic heterocycles. The predicted molar refractivity (Wildman–Crippen MR) is 83.0 cm³/mol. The number of fused-ring (bicyclic) bond motifs is 3. The molecule has 0 saturated heterocycles. The first-order valence-corrected chi connectivity index (χ1v) is 6.55. The molecule has 0 amide bonds. The second-order valence-corrected chi connectivity index (χ2v) is 5.03. The van der Waals surface area contributed by atoms with Gasteiger partial charge in [0.25, 0.3) is 22.2 Å². The van der Waals surface area contributed by atoms with Gasteiger partial charge in [-0.1, -0.05) is 30.3 Å². The Balaban J connectivity index is 2.39. The number of H-pyrrole nitrogens is 2. The molecule has 6 nitrogen and oxygen atoms in total. The van der Waals surface area contributed by atoms with Crippen molar-refractivity contribution in [2.45, 2.75) is 0 Å². The third-order valence-corrected chi connectivity index (χ3v) is 3.79. The highest BCUT2D eigenvalue weighted by Gasteiger charge is 2.20. The minimum atomic E-state index is -0.654. The van der Waals surface area contributed by atoms with Crippen LogP contribution in [0.5, 0.6) is 0 Å². The molecule has 6 heteroatoms. The average molecular weight is 292 g/mol. The van der Waals surface area contributed by atoms with Crippen LogP contribution in [0.2, 0.25) is 0 Å². The highest BCUT2D eigenvalue weighted by molar-refractivity contribution is 6.13. The lowest BCUT2D eigenvalue weighted by Gasteiger charge is -2.03. The van der Waals surface area contributed by atoms with Crippen molar-refractivity contribution in [2.24, 2.45) is 0 Å². The molecule has 0 fully saturated rings. The summed E-state index contributed by atoms with van der Waals surface area (Å²) in [4.78, 5) is 52.3. The van der Waals surface area contributed by atoms with Gasteiger partial charge in [0.15, 0.2) is 0 Å². The van der Waals surface area contributed by atoms with Gasteiger partial charge in [-0.3, -0.25) is 29.1 Å². The zero-order chi connectivity index (χ0) is 15.4. The van der Waals surface area contributed by atoms with Crippen LogP contribution in [0.1, 0.15) is 0 Å². The van der Waals surface area contributed by atoms with E-state index in [9.17, 15) is 19.2 Å². The van der Waals surface area contributed by atoms with Crippen LogP contribution in [0.4, 0.5) is 0 Å². The van der Waals surface area contributed by atoms with Crippen LogP contribution >= 0.6 is 0 Å². The Bertz CT molecular complexity index is 1240. The lowest BCUT2D eigenvalue weighted by Crippen LogP contribution is -2.08. The van der Waals surface area contributed by atoms with E-state index in [-0.39, 0.29) is 21.5 Å². The normalized spacial score (nSPS) is 11.5. The van der Waals surface area contributed by atoms with Crippen LogP contribution in [0.25, 0.3) is 32.7 Å². The first-order chi connectivity index (χ1) is 10.6. The van der Waals surface area contributed by atoms with Crippen molar-refractivity contribution in [2.75, 3.05) is 0 Å². The molecule has 0 bridgehead atoms. The van der Waals surface area contributed by atoms with Crippen LogP contribution in [0, 0.1) is 0 Å². The molecule has 0 radical (unpaired) electrons.